The fourth-order valence-electron chi connectivity index (χ4n) is 1.81. The Morgan fingerprint density at radius 1 is 1.35 bits per heavy atom. The summed E-state index contributed by atoms with van der Waals surface area (Å²) < 4.78 is 0. The number of carbonyl (C=O) groups excluding carboxylic acids is 1. The molecule has 92 valence electrons. The molecule has 1 aromatic rings. The largest absolute Gasteiger partial charge is 0.304 e. The van der Waals surface area contributed by atoms with Crippen molar-refractivity contribution in [3.8, 4) is 0 Å². The third-order valence-corrected chi connectivity index (χ3v) is 2.92. The molecule has 2 rings (SSSR count). The molecule has 2 heterocycles. The van der Waals surface area contributed by atoms with Crippen LogP contribution in [0.15, 0.2) is 18.3 Å². The molecule has 0 aromatic carbocycles. The molecule has 0 atom stereocenters. The van der Waals surface area contributed by atoms with E-state index >= 15 is 0 Å². The number of piperazine rings is 1. The Morgan fingerprint density at radius 3 is 2.71 bits per heavy atom. The summed E-state index contributed by atoms with van der Waals surface area (Å²) in [5, 5.41) is 1.97. The van der Waals surface area contributed by atoms with E-state index in [1.165, 1.54) is 0 Å². The van der Waals surface area contributed by atoms with E-state index in [2.05, 4.69) is 22.4 Å². The average molecular weight is 234 g/mol. The van der Waals surface area contributed by atoms with Crippen molar-refractivity contribution in [3.05, 3.63) is 29.6 Å². The summed E-state index contributed by atoms with van der Waals surface area (Å²) in [6.45, 7) is 5.58. The highest BCUT2D eigenvalue weighted by Crippen LogP contribution is 2.02. The van der Waals surface area contributed by atoms with Crippen LogP contribution < -0.4 is 5.43 Å². The number of aromatic nitrogens is 1. The van der Waals surface area contributed by atoms with Gasteiger partial charge in [0.15, 0.2) is 0 Å². The minimum Gasteiger partial charge on any atom is -0.304 e. The highest BCUT2D eigenvalue weighted by atomic mass is 16.2. The molecule has 1 aliphatic rings. The van der Waals surface area contributed by atoms with Gasteiger partial charge < -0.3 is 4.90 Å². The fourth-order valence-corrected chi connectivity index (χ4v) is 1.81. The first-order valence-corrected chi connectivity index (χ1v) is 5.82. The lowest BCUT2D eigenvalue weighted by Crippen LogP contribution is -2.52. The molecule has 1 aliphatic heterocycles. The Kier molecular flexibility index (Phi) is 3.71. The number of carbonyl (C=O) groups is 1. The van der Waals surface area contributed by atoms with Crippen LogP contribution in [0.2, 0.25) is 0 Å². The summed E-state index contributed by atoms with van der Waals surface area (Å²) in [4.78, 5) is 18.3. The van der Waals surface area contributed by atoms with Crippen molar-refractivity contribution in [2.75, 3.05) is 33.2 Å². The molecule has 17 heavy (non-hydrogen) atoms. The number of hydrazine groups is 1. The van der Waals surface area contributed by atoms with Crippen molar-refractivity contribution in [1.82, 2.24) is 20.3 Å². The van der Waals surface area contributed by atoms with Crippen LogP contribution in [0.3, 0.4) is 0 Å². The standard InChI is InChI=1S/C12H18N4O/c1-10-9-11(3-4-13-10)12(17)14-16-7-5-15(2)6-8-16/h3-4,9H,5-8H2,1-2H3,(H,14,17). The monoisotopic (exact) mass is 234 g/mol. The smallest absolute Gasteiger partial charge is 0.265 e. The normalized spacial score (nSPS) is 18.0. The van der Waals surface area contributed by atoms with Crippen molar-refractivity contribution < 1.29 is 4.79 Å². The van der Waals surface area contributed by atoms with Crippen LogP contribution in [-0.4, -0.2) is 54.0 Å². The SMILES string of the molecule is Cc1cc(C(=O)NN2CCN(C)CC2)ccn1. The van der Waals surface area contributed by atoms with Crippen LogP contribution in [-0.2, 0) is 0 Å². The van der Waals surface area contributed by atoms with Crippen molar-refractivity contribution in [3.63, 3.8) is 0 Å². The van der Waals surface area contributed by atoms with Gasteiger partial charge in [0.1, 0.15) is 0 Å². The van der Waals surface area contributed by atoms with Gasteiger partial charge in [-0.1, -0.05) is 0 Å². The Morgan fingerprint density at radius 2 is 2.06 bits per heavy atom. The molecule has 0 saturated carbocycles. The van der Waals surface area contributed by atoms with Gasteiger partial charge in [0.2, 0.25) is 0 Å². The number of pyridine rings is 1. The molecule has 1 N–H and O–H groups in total. The molecule has 1 amide bonds. The summed E-state index contributed by atoms with van der Waals surface area (Å²) in [6.07, 6.45) is 1.66. The first kappa shape index (κ1) is 12.0. The lowest BCUT2D eigenvalue weighted by Gasteiger charge is -2.32. The third-order valence-electron chi connectivity index (χ3n) is 2.92. The van der Waals surface area contributed by atoms with Crippen LogP contribution in [0.4, 0.5) is 0 Å². The first-order valence-electron chi connectivity index (χ1n) is 5.82. The molecule has 5 nitrogen and oxygen atoms in total. The van der Waals surface area contributed by atoms with E-state index in [1.807, 2.05) is 11.9 Å². The van der Waals surface area contributed by atoms with Crippen LogP contribution >= 0.6 is 0 Å². The highest BCUT2D eigenvalue weighted by Gasteiger charge is 2.16. The minimum absolute atomic E-state index is 0.0555. The van der Waals surface area contributed by atoms with Gasteiger partial charge in [-0.15, -0.1) is 0 Å². The molecule has 0 bridgehead atoms. The molecule has 1 aromatic heterocycles. The third kappa shape index (κ3) is 3.25. The van der Waals surface area contributed by atoms with Crippen LogP contribution in [0.5, 0.6) is 0 Å². The summed E-state index contributed by atoms with van der Waals surface area (Å²) >= 11 is 0. The highest BCUT2D eigenvalue weighted by molar-refractivity contribution is 5.93. The fraction of sp³-hybridized carbons (Fsp3) is 0.500. The minimum atomic E-state index is -0.0555. The quantitative estimate of drug-likeness (QED) is 0.798. The second-order valence-corrected chi connectivity index (χ2v) is 4.42. The molecular weight excluding hydrogens is 216 g/mol. The molecule has 1 fully saturated rings. The number of likely N-dealkylation sites (N-methyl/N-ethyl adjacent to an activating group) is 1. The number of amides is 1. The predicted octanol–water partition coefficient (Wildman–Crippen LogP) is 0.282. The predicted molar refractivity (Wildman–Crippen MR) is 65.5 cm³/mol. The molecule has 1 saturated heterocycles. The van der Waals surface area contributed by atoms with E-state index in [9.17, 15) is 4.79 Å². The number of aryl methyl sites for hydroxylation is 1. The van der Waals surface area contributed by atoms with Gasteiger partial charge in [-0.25, -0.2) is 5.01 Å². The zero-order valence-corrected chi connectivity index (χ0v) is 10.3. The van der Waals surface area contributed by atoms with Gasteiger partial charge in [0, 0.05) is 43.6 Å². The van der Waals surface area contributed by atoms with Gasteiger partial charge in [-0.05, 0) is 26.1 Å². The Bertz CT molecular complexity index is 399. The summed E-state index contributed by atoms with van der Waals surface area (Å²) in [5.74, 6) is -0.0555. The van der Waals surface area contributed by atoms with Gasteiger partial charge >= 0.3 is 0 Å². The van der Waals surface area contributed by atoms with Crippen LogP contribution in [0.1, 0.15) is 16.1 Å². The van der Waals surface area contributed by atoms with Crippen molar-refractivity contribution in [2.45, 2.75) is 6.92 Å². The second-order valence-electron chi connectivity index (χ2n) is 4.42. The molecule has 0 spiro atoms. The van der Waals surface area contributed by atoms with Crippen molar-refractivity contribution in [2.24, 2.45) is 0 Å². The van der Waals surface area contributed by atoms with E-state index in [-0.39, 0.29) is 5.91 Å². The van der Waals surface area contributed by atoms with Gasteiger partial charge in [0.05, 0.1) is 0 Å². The first-order chi connectivity index (χ1) is 8.15. The number of rotatable bonds is 2. The summed E-state index contributed by atoms with van der Waals surface area (Å²) in [6, 6.07) is 3.53. The summed E-state index contributed by atoms with van der Waals surface area (Å²) in [5.41, 5.74) is 4.44. The van der Waals surface area contributed by atoms with Crippen LogP contribution in [0, 0.1) is 6.92 Å². The van der Waals surface area contributed by atoms with E-state index in [0.29, 0.717) is 5.56 Å². The van der Waals surface area contributed by atoms with Crippen molar-refractivity contribution >= 4 is 5.91 Å². The lowest BCUT2D eigenvalue weighted by molar-refractivity contribution is 0.0662. The Labute approximate surface area is 101 Å². The van der Waals surface area contributed by atoms with Gasteiger partial charge in [-0.2, -0.15) is 0 Å². The molecule has 0 aliphatic carbocycles. The number of hydrogen-bond acceptors (Lipinski definition) is 4. The van der Waals surface area contributed by atoms with E-state index in [0.717, 1.165) is 31.9 Å². The zero-order valence-electron chi connectivity index (χ0n) is 10.3. The van der Waals surface area contributed by atoms with Gasteiger partial charge in [0.25, 0.3) is 5.91 Å². The maximum atomic E-state index is 12.0. The maximum Gasteiger partial charge on any atom is 0.265 e. The molecular formula is C12H18N4O. The average Bonchev–Trinajstić information content (AvgIpc) is 2.32. The Hall–Kier alpha value is -1.46. The molecule has 5 heteroatoms. The van der Waals surface area contributed by atoms with E-state index < -0.39 is 0 Å². The van der Waals surface area contributed by atoms with Crippen LogP contribution in [0.25, 0.3) is 0 Å². The molecule has 0 radical (unpaired) electrons. The second kappa shape index (κ2) is 5.25. The van der Waals surface area contributed by atoms with E-state index in [1.54, 1.807) is 18.3 Å². The summed E-state index contributed by atoms with van der Waals surface area (Å²) in [7, 11) is 2.09. The lowest BCUT2D eigenvalue weighted by atomic mass is 10.2. The number of hydrogen-bond donors (Lipinski definition) is 1. The molecule has 0 unspecified atom stereocenters. The maximum absolute atomic E-state index is 12.0. The van der Waals surface area contributed by atoms with Crippen molar-refractivity contribution in [1.29, 1.82) is 0 Å². The zero-order chi connectivity index (χ0) is 12.3. The number of nitrogens with one attached hydrogen (secondary N) is 1. The van der Waals surface area contributed by atoms with Gasteiger partial charge in [-0.3, -0.25) is 15.2 Å². The topological polar surface area (TPSA) is 48.5 Å². The Balaban J connectivity index is 1.93. The number of nitrogens with zero attached hydrogens (tertiary/aromatic N) is 3. The van der Waals surface area contributed by atoms with E-state index in [4.69, 9.17) is 0 Å².